The third kappa shape index (κ3) is 3.46. The fraction of sp³-hybridized carbons (Fsp3) is 0.538. The molecule has 1 aromatic heterocycles. The van der Waals surface area contributed by atoms with Gasteiger partial charge in [-0.1, -0.05) is 42.5 Å². The zero-order chi connectivity index (χ0) is 14.7. The van der Waals surface area contributed by atoms with Gasteiger partial charge in [0.25, 0.3) is 5.91 Å². The van der Waals surface area contributed by atoms with Crippen molar-refractivity contribution in [2.45, 2.75) is 38.1 Å². The fourth-order valence-corrected chi connectivity index (χ4v) is 2.86. The van der Waals surface area contributed by atoms with Gasteiger partial charge in [0.2, 0.25) is 0 Å². The van der Waals surface area contributed by atoms with Gasteiger partial charge >= 0.3 is 5.97 Å². The molecule has 1 amide bonds. The van der Waals surface area contributed by atoms with Crippen LogP contribution in [-0.4, -0.2) is 28.0 Å². The van der Waals surface area contributed by atoms with Gasteiger partial charge in [-0.2, -0.15) is 0 Å². The number of hydrogen-bond acceptors (Lipinski definition) is 2. The Bertz CT molecular complexity index is 496. The van der Waals surface area contributed by atoms with Gasteiger partial charge in [0, 0.05) is 6.04 Å². The second kappa shape index (κ2) is 6.50. The van der Waals surface area contributed by atoms with Gasteiger partial charge in [-0.05, 0) is 18.9 Å². The van der Waals surface area contributed by atoms with E-state index in [4.69, 9.17) is 23.2 Å². The van der Waals surface area contributed by atoms with Crippen molar-refractivity contribution in [3.63, 3.8) is 0 Å². The topological polar surface area (TPSA) is 82.2 Å². The number of hydrogen-bond donors (Lipinski definition) is 3. The first kappa shape index (κ1) is 15.2. The van der Waals surface area contributed by atoms with Crippen LogP contribution in [0.1, 0.15) is 42.6 Å². The number of aliphatic carboxylic acids is 1. The van der Waals surface area contributed by atoms with Crippen molar-refractivity contribution in [3.8, 4) is 0 Å². The van der Waals surface area contributed by atoms with Crippen LogP contribution in [0, 0.1) is 5.92 Å². The van der Waals surface area contributed by atoms with E-state index in [1.807, 2.05) is 0 Å². The molecule has 1 aliphatic rings. The standard InChI is InChI=1S/C13H16Cl2N2O3/c14-8-6-10(16-11(8)15)12(18)17-9-5-3-1-2-4-7(9)13(19)20/h6-7,9,16H,1-5H2,(H,17,18)(H,19,20). The summed E-state index contributed by atoms with van der Waals surface area (Å²) in [6.45, 7) is 0. The average molecular weight is 319 g/mol. The molecule has 1 saturated carbocycles. The number of aromatic amines is 1. The van der Waals surface area contributed by atoms with E-state index >= 15 is 0 Å². The number of H-pyrrole nitrogens is 1. The van der Waals surface area contributed by atoms with Crippen molar-refractivity contribution in [1.82, 2.24) is 10.3 Å². The number of carboxylic acid groups (broad SMARTS) is 1. The van der Waals surface area contributed by atoms with E-state index in [1.165, 1.54) is 6.07 Å². The molecular formula is C13H16Cl2N2O3. The minimum absolute atomic E-state index is 0.201. The van der Waals surface area contributed by atoms with Gasteiger partial charge in [-0.15, -0.1) is 0 Å². The van der Waals surface area contributed by atoms with Crippen LogP contribution in [0.25, 0.3) is 0 Å². The summed E-state index contributed by atoms with van der Waals surface area (Å²) < 4.78 is 0. The highest BCUT2D eigenvalue weighted by atomic mass is 35.5. The van der Waals surface area contributed by atoms with Crippen LogP contribution in [0.3, 0.4) is 0 Å². The molecule has 20 heavy (non-hydrogen) atoms. The largest absolute Gasteiger partial charge is 0.481 e. The molecule has 1 aliphatic carbocycles. The first-order valence-corrected chi connectivity index (χ1v) is 7.32. The Labute approximate surface area is 126 Å². The molecule has 110 valence electrons. The van der Waals surface area contributed by atoms with Crippen molar-refractivity contribution in [1.29, 1.82) is 0 Å². The lowest BCUT2D eigenvalue weighted by molar-refractivity contribution is -0.142. The van der Waals surface area contributed by atoms with Crippen molar-refractivity contribution in [2.75, 3.05) is 0 Å². The van der Waals surface area contributed by atoms with E-state index in [0.29, 0.717) is 12.8 Å². The normalized spacial score (nSPS) is 23.1. The van der Waals surface area contributed by atoms with E-state index in [-0.39, 0.29) is 27.8 Å². The molecule has 0 radical (unpaired) electrons. The smallest absolute Gasteiger partial charge is 0.308 e. The molecule has 1 heterocycles. The lowest BCUT2D eigenvalue weighted by Gasteiger charge is -2.22. The van der Waals surface area contributed by atoms with Crippen LogP contribution in [0.4, 0.5) is 0 Å². The van der Waals surface area contributed by atoms with Crippen LogP contribution in [-0.2, 0) is 4.79 Å². The van der Waals surface area contributed by atoms with Gasteiger partial charge in [0.05, 0.1) is 10.9 Å². The molecule has 0 aliphatic heterocycles. The van der Waals surface area contributed by atoms with E-state index in [1.54, 1.807) is 0 Å². The van der Waals surface area contributed by atoms with E-state index in [2.05, 4.69) is 10.3 Å². The van der Waals surface area contributed by atoms with Crippen molar-refractivity contribution in [3.05, 3.63) is 21.9 Å². The molecule has 0 bridgehead atoms. The molecule has 0 saturated heterocycles. The third-order valence-electron chi connectivity index (χ3n) is 3.62. The van der Waals surface area contributed by atoms with Crippen LogP contribution in [0.15, 0.2) is 6.07 Å². The summed E-state index contributed by atoms with van der Waals surface area (Å²) in [5, 5.41) is 12.5. The number of carboxylic acids is 1. The number of carbonyl (C=O) groups excluding carboxylic acids is 1. The van der Waals surface area contributed by atoms with Gasteiger partial charge in [0.15, 0.2) is 0 Å². The van der Waals surface area contributed by atoms with E-state index in [9.17, 15) is 14.7 Å². The maximum Gasteiger partial charge on any atom is 0.308 e. The second-order valence-corrected chi connectivity index (χ2v) is 5.79. The SMILES string of the molecule is O=C(NC1CCCCCC1C(=O)O)c1cc(Cl)c(Cl)[nH]1. The number of amides is 1. The summed E-state index contributed by atoms with van der Waals surface area (Å²) in [5.74, 6) is -1.78. The Morgan fingerprint density at radius 2 is 1.95 bits per heavy atom. The lowest BCUT2D eigenvalue weighted by atomic mass is 9.95. The minimum atomic E-state index is -0.861. The third-order valence-corrected chi connectivity index (χ3v) is 4.31. The number of halogens is 2. The number of aromatic nitrogens is 1. The molecule has 0 aromatic carbocycles. The summed E-state index contributed by atoms with van der Waals surface area (Å²) in [5.41, 5.74) is 0.244. The summed E-state index contributed by atoms with van der Waals surface area (Å²) in [6.07, 6.45) is 4.05. The zero-order valence-electron chi connectivity index (χ0n) is 10.8. The number of carbonyl (C=O) groups is 2. The van der Waals surface area contributed by atoms with Crippen LogP contribution in [0.5, 0.6) is 0 Å². The van der Waals surface area contributed by atoms with Gasteiger partial charge in [-0.25, -0.2) is 0 Å². The van der Waals surface area contributed by atoms with E-state index < -0.39 is 11.9 Å². The van der Waals surface area contributed by atoms with E-state index in [0.717, 1.165) is 19.3 Å². The highest BCUT2D eigenvalue weighted by Crippen LogP contribution is 2.25. The zero-order valence-corrected chi connectivity index (χ0v) is 12.3. The molecule has 2 atom stereocenters. The summed E-state index contributed by atoms with van der Waals surface area (Å²) in [7, 11) is 0. The number of nitrogens with one attached hydrogen (secondary N) is 2. The van der Waals surface area contributed by atoms with Crippen LogP contribution < -0.4 is 5.32 Å². The summed E-state index contributed by atoms with van der Waals surface area (Å²) in [6, 6.07) is 1.08. The predicted molar refractivity (Wildman–Crippen MR) is 76.3 cm³/mol. The minimum Gasteiger partial charge on any atom is -0.481 e. The first-order chi connectivity index (χ1) is 9.49. The predicted octanol–water partition coefficient (Wildman–Crippen LogP) is 3.08. The average Bonchev–Trinajstić information content (AvgIpc) is 2.62. The fourth-order valence-electron chi connectivity index (χ4n) is 2.55. The van der Waals surface area contributed by atoms with Gasteiger partial charge < -0.3 is 15.4 Å². The van der Waals surface area contributed by atoms with Crippen LogP contribution in [0.2, 0.25) is 10.2 Å². The molecule has 5 nitrogen and oxygen atoms in total. The first-order valence-electron chi connectivity index (χ1n) is 6.56. The summed E-state index contributed by atoms with van der Waals surface area (Å²) >= 11 is 11.5. The molecule has 3 N–H and O–H groups in total. The second-order valence-electron chi connectivity index (χ2n) is 5.01. The maximum atomic E-state index is 12.1. The maximum absolute atomic E-state index is 12.1. The Balaban J connectivity index is 2.09. The molecule has 7 heteroatoms. The Hall–Kier alpha value is -1.20. The molecule has 0 spiro atoms. The molecule has 2 rings (SSSR count). The highest BCUT2D eigenvalue weighted by molar-refractivity contribution is 6.41. The van der Waals surface area contributed by atoms with Gasteiger partial charge in [-0.3, -0.25) is 9.59 Å². The summed E-state index contributed by atoms with van der Waals surface area (Å²) in [4.78, 5) is 26.1. The van der Waals surface area contributed by atoms with Gasteiger partial charge in [0.1, 0.15) is 10.8 Å². The Morgan fingerprint density at radius 1 is 1.25 bits per heavy atom. The molecule has 1 aromatic rings. The lowest BCUT2D eigenvalue weighted by Crippen LogP contribution is -2.42. The van der Waals surface area contributed by atoms with Crippen molar-refractivity contribution in [2.24, 2.45) is 5.92 Å². The number of rotatable bonds is 3. The molecule has 1 fully saturated rings. The quantitative estimate of drug-likeness (QED) is 0.749. The monoisotopic (exact) mass is 318 g/mol. The Morgan fingerprint density at radius 3 is 2.55 bits per heavy atom. The van der Waals surface area contributed by atoms with Crippen molar-refractivity contribution < 1.29 is 14.7 Å². The molecular weight excluding hydrogens is 303 g/mol. The molecule has 2 unspecified atom stereocenters. The highest BCUT2D eigenvalue weighted by Gasteiger charge is 2.31. The van der Waals surface area contributed by atoms with Crippen LogP contribution >= 0.6 is 23.2 Å². The Kier molecular flexibility index (Phi) is 4.94. The van der Waals surface area contributed by atoms with Crippen molar-refractivity contribution >= 4 is 35.1 Å².